The number of rotatable bonds is 3. The molecule has 2 heterocycles. The number of thiocarbonyl (C=S) groups is 1. The van der Waals surface area contributed by atoms with Gasteiger partial charge in [-0.15, -0.1) is 0 Å². The highest BCUT2D eigenvalue weighted by Gasteiger charge is 2.20. The highest BCUT2D eigenvalue weighted by Crippen LogP contribution is 2.30. The van der Waals surface area contributed by atoms with E-state index in [0.29, 0.717) is 5.11 Å². The van der Waals surface area contributed by atoms with Crippen LogP contribution >= 0.6 is 12.2 Å². The molecule has 0 unspecified atom stereocenters. The van der Waals surface area contributed by atoms with Crippen molar-refractivity contribution in [1.82, 2.24) is 15.2 Å². The van der Waals surface area contributed by atoms with Crippen molar-refractivity contribution in [2.45, 2.75) is 32.2 Å². The Morgan fingerprint density at radius 2 is 1.88 bits per heavy atom. The van der Waals surface area contributed by atoms with Crippen molar-refractivity contribution < 1.29 is 0 Å². The number of anilines is 2. The lowest BCUT2D eigenvalue weighted by Gasteiger charge is -2.33. The van der Waals surface area contributed by atoms with E-state index in [2.05, 4.69) is 82.9 Å². The maximum atomic E-state index is 5.67. The van der Waals surface area contributed by atoms with Crippen molar-refractivity contribution in [2.24, 2.45) is 0 Å². The summed E-state index contributed by atoms with van der Waals surface area (Å²) in [6.45, 7) is 6.38. The average Bonchev–Trinajstić information content (AvgIpc) is 2.80. The molecule has 1 atom stereocenters. The van der Waals surface area contributed by atoms with E-state index in [9.17, 15) is 0 Å². The maximum Gasteiger partial charge on any atom is 0.171 e. The van der Waals surface area contributed by atoms with Gasteiger partial charge in [-0.25, -0.2) is 4.98 Å². The van der Waals surface area contributed by atoms with E-state index in [1.807, 2.05) is 0 Å². The molecule has 0 saturated carbocycles. The van der Waals surface area contributed by atoms with Crippen molar-refractivity contribution in [3.8, 4) is 0 Å². The zero-order valence-electron chi connectivity index (χ0n) is 18.9. The summed E-state index contributed by atoms with van der Waals surface area (Å²) in [5, 5.41) is 8.77. The standard InChI is InChI=1S/C26H31N5S/c1-18-16-25(31-14-12-30(2)13-15-31)28-24-11-10-20(17-22(18)24)27-26(32)29-23-9-5-7-19-6-3-4-8-21(19)23/h3-4,6,8,10-11,16-17,23H,5,7,9,12-15H2,1-2H3,(H2,27,29,32)/t23-/m1/s1. The van der Waals surface area contributed by atoms with Crippen molar-refractivity contribution in [3.05, 3.63) is 65.2 Å². The topological polar surface area (TPSA) is 43.4 Å². The Kier molecular flexibility index (Phi) is 5.98. The van der Waals surface area contributed by atoms with Crippen LogP contribution in [0, 0.1) is 6.92 Å². The SMILES string of the molecule is Cc1cc(N2CCN(C)CC2)nc2ccc(NC(=S)N[C@@H]3CCCc4ccccc43)cc12. The number of pyridine rings is 1. The summed E-state index contributed by atoms with van der Waals surface area (Å²) in [7, 11) is 2.18. The largest absolute Gasteiger partial charge is 0.356 e. The fourth-order valence-corrected chi connectivity index (χ4v) is 5.14. The van der Waals surface area contributed by atoms with Gasteiger partial charge in [-0.3, -0.25) is 0 Å². The van der Waals surface area contributed by atoms with Crippen LogP contribution in [-0.4, -0.2) is 48.2 Å². The van der Waals surface area contributed by atoms with Gasteiger partial charge in [0.2, 0.25) is 0 Å². The molecule has 1 saturated heterocycles. The van der Waals surface area contributed by atoms with Gasteiger partial charge in [0, 0.05) is 37.3 Å². The number of piperazine rings is 1. The van der Waals surface area contributed by atoms with Gasteiger partial charge in [-0.1, -0.05) is 24.3 Å². The highest BCUT2D eigenvalue weighted by molar-refractivity contribution is 7.80. The third kappa shape index (κ3) is 4.43. The van der Waals surface area contributed by atoms with Crippen LogP contribution < -0.4 is 15.5 Å². The summed E-state index contributed by atoms with van der Waals surface area (Å²) < 4.78 is 0. The molecular weight excluding hydrogens is 414 g/mol. The summed E-state index contributed by atoms with van der Waals surface area (Å²) in [5.41, 5.74) is 6.08. The van der Waals surface area contributed by atoms with Crippen molar-refractivity contribution >= 4 is 39.7 Å². The molecule has 2 N–H and O–H groups in total. The van der Waals surface area contributed by atoms with Gasteiger partial charge in [0.25, 0.3) is 0 Å². The third-order valence-electron chi connectivity index (χ3n) is 6.76. The summed E-state index contributed by atoms with van der Waals surface area (Å²) in [4.78, 5) is 9.71. The number of nitrogens with zero attached hydrogens (tertiary/aromatic N) is 3. The number of benzene rings is 2. The fourth-order valence-electron chi connectivity index (χ4n) is 4.88. The Bertz CT molecular complexity index is 1140. The number of hydrogen-bond acceptors (Lipinski definition) is 4. The summed E-state index contributed by atoms with van der Waals surface area (Å²) in [6.07, 6.45) is 3.45. The second-order valence-corrected chi connectivity index (χ2v) is 9.47. The van der Waals surface area contributed by atoms with Gasteiger partial charge < -0.3 is 20.4 Å². The number of fused-ring (bicyclic) bond motifs is 2. The van der Waals surface area contributed by atoms with Gasteiger partial charge >= 0.3 is 0 Å². The van der Waals surface area contributed by atoms with E-state index in [1.54, 1.807) is 0 Å². The molecule has 5 rings (SSSR count). The van der Waals surface area contributed by atoms with Crippen LogP contribution in [0.3, 0.4) is 0 Å². The van der Waals surface area contributed by atoms with Gasteiger partial charge in [-0.05, 0) is 86.4 Å². The minimum Gasteiger partial charge on any atom is -0.356 e. The molecule has 1 fully saturated rings. The molecule has 0 amide bonds. The number of aromatic nitrogens is 1. The second kappa shape index (κ2) is 9.04. The van der Waals surface area contributed by atoms with E-state index in [4.69, 9.17) is 17.2 Å². The quantitative estimate of drug-likeness (QED) is 0.572. The van der Waals surface area contributed by atoms with E-state index >= 15 is 0 Å². The lowest BCUT2D eigenvalue weighted by atomic mass is 9.88. The smallest absolute Gasteiger partial charge is 0.171 e. The van der Waals surface area contributed by atoms with Crippen molar-refractivity contribution in [1.29, 1.82) is 0 Å². The van der Waals surface area contributed by atoms with E-state index in [0.717, 1.165) is 56.0 Å². The van der Waals surface area contributed by atoms with E-state index in [1.165, 1.54) is 28.5 Å². The monoisotopic (exact) mass is 445 g/mol. The minimum atomic E-state index is 0.273. The second-order valence-electron chi connectivity index (χ2n) is 9.06. The fraction of sp³-hybridized carbons (Fsp3) is 0.385. The number of hydrogen-bond donors (Lipinski definition) is 2. The van der Waals surface area contributed by atoms with Crippen LogP contribution in [0.25, 0.3) is 10.9 Å². The summed E-state index contributed by atoms with van der Waals surface area (Å²) >= 11 is 5.67. The summed E-state index contributed by atoms with van der Waals surface area (Å²) in [6, 6.07) is 17.5. The Morgan fingerprint density at radius 1 is 1.06 bits per heavy atom. The van der Waals surface area contributed by atoms with Crippen LogP contribution in [0.4, 0.5) is 11.5 Å². The first-order chi connectivity index (χ1) is 15.6. The van der Waals surface area contributed by atoms with Gasteiger partial charge in [-0.2, -0.15) is 0 Å². The lowest BCUT2D eigenvalue weighted by molar-refractivity contribution is 0.312. The number of aryl methyl sites for hydroxylation is 2. The lowest BCUT2D eigenvalue weighted by Crippen LogP contribution is -2.44. The molecule has 1 aliphatic carbocycles. The molecule has 166 valence electrons. The first-order valence-corrected chi connectivity index (χ1v) is 12.0. The van der Waals surface area contributed by atoms with Crippen LogP contribution in [0.1, 0.15) is 35.6 Å². The first-order valence-electron chi connectivity index (χ1n) is 11.6. The minimum absolute atomic E-state index is 0.273. The van der Waals surface area contributed by atoms with Crippen LogP contribution in [0.2, 0.25) is 0 Å². The third-order valence-corrected chi connectivity index (χ3v) is 6.98. The number of likely N-dealkylation sites (N-methyl/N-ethyl adjacent to an activating group) is 1. The zero-order valence-corrected chi connectivity index (χ0v) is 19.7. The molecule has 0 bridgehead atoms. The molecule has 1 aromatic heterocycles. The Labute approximate surface area is 195 Å². The molecule has 6 heteroatoms. The Morgan fingerprint density at radius 3 is 2.72 bits per heavy atom. The molecule has 0 spiro atoms. The predicted octanol–water partition coefficient (Wildman–Crippen LogP) is 4.66. The molecular formula is C26H31N5S. The maximum absolute atomic E-state index is 5.67. The highest BCUT2D eigenvalue weighted by atomic mass is 32.1. The summed E-state index contributed by atoms with van der Waals surface area (Å²) in [5.74, 6) is 1.08. The van der Waals surface area contributed by atoms with E-state index < -0.39 is 0 Å². The molecule has 32 heavy (non-hydrogen) atoms. The van der Waals surface area contributed by atoms with Crippen LogP contribution in [-0.2, 0) is 6.42 Å². The van der Waals surface area contributed by atoms with Crippen molar-refractivity contribution in [3.63, 3.8) is 0 Å². The zero-order chi connectivity index (χ0) is 22.1. The predicted molar refractivity (Wildman–Crippen MR) is 138 cm³/mol. The average molecular weight is 446 g/mol. The Hall–Kier alpha value is -2.70. The molecule has 1 aliphatic heterocycles. The van der Waals surface area contributed by atoms with Crippen LogP contribution in [0.5, 0.6) is 0 Å². The molecule has 2 aromatic carbocycles. The van der Waals surface area contributed by atoms with Crippen LogP contribution in [0.15, 0.2) is 48.5 Å². The van der Waals surface area contributed by atoms with Gasteiger partial charge in [0.15, 0.2) is 5.11 Å². The molecule has 0 radical (unpaired) electrons. The normalized spacial score (nSPS) is 18.9. The number of nitrogens with one attached hydrogen (secondary N) is 2. The Balaban J connectivity index is 1.30. The first kappa shape index (κ1) is 21.2. The molecule has 5 nitrogen and oxygen atoms in total. The van der Waals surface area contributed by atoms with Gasteiger partial charge in [0.1, 0.15) is 5.82 Å². The molecule has 3 aromatic rings. The van der Waals surface area contributed by atoms with E-state index in [-0.39, 0.29) is 6.04 Å². The van der Waals surface area contributed by atoms with Crippen molar-refractivity contribution in [2.75, 3.05) is 43.4 Å². The van der Waals surface area contributed by atoms with Gasteiger partial charge in [0.05, 0.1) is 11.6 Å². The molecule has 2 aliphatic rings.